The highest BCUT2D eigenvalue weighted by atomic mass is 32.1. The third-order valence-corrected chi connectivity index (χ3v) is 5.47. The SMILES string of the molecule is Cc1cc(NC(=O)C2CC2)sc1C(=O)NCc1ccnc(-n2cccn2)c1. The van der Waals surface area contributed by atoms with Gasteiger partial charge in [0, 0.05) is 31.1 Å². The molecule has 7 nitrogen and oxygen atoms in total. The van der Waals surface area contributed by atoms with Crippen molar-refractivity contribution in [2.75, 3.05) is 5.32 Å². The van der Waals surface area contributed by atoms with Crippen LogP contribution in [0.15, 0.2) is 42.9 Å². The molecule has 1 saturated carbocycles. The summed E-state index contributed by atoms with van der Waals surface area (Å²) in [5.41, 5.74) is 1.79. The highest BCUT2D eigenvalue weighted by Gasteiger charge is 2.30. The standard InChI is InChI=1S/C19H19N5O2S/c1-12-9-16(23-18(25)14-3-4-14)27-17(12)19(26)21-11-13-5-7-20-15(10-13)24-8-2-6-22-24/h2,5-10,14H,3-4,11H2,1H3,(H,21,26)(H,23,25). The maximum absolute atomic E-state index is 12.6. The number of carbonyl (C=O) groups excluding carboxylic acids is 2. The van der Waals surface area contributed by atoms with Crippen molar-refractivity contribution in [3.05, 3.63) is 58.9 Å². The zero-order valence-corrected chi connectivity index (χ0v) is 15.6. The fraction of sp³-hybridized carbons (Fsp3) is 0.263. The monoisotopic (exact) mass is 381 g/mol. The highest BCUT2D eigenvalue weighted by Crippen LogP contribution is 2.32. The van der Waals surface area contributed by atoms with Crippen molar-refractivity contribution in [3.63, 3.8) is 0 Å². The number of rotatable bonds is 6. The van der Waals surface area contributed by atoms with Crippen LogP contribution in [-0.4, -0.2) is 26.6 Å². The van der Waals surface area contributed by atoms with Crippen LogP contribution in [-0.2, 0) is 11.3 Å². The Bertz CT molecular complexity index is 976. The number of anilines is 1. The van der Waals surface area contributed by atoms with Crippen molar-refractivity contribution in [2.45, 2.75) is 26.3 Å². The normalized spacial score (nSPS) is 13.4. The first-order valence-electron chi connectivity index (χ1n) is 8.74. The van der Waals surface area contributed by atoms with E-state index in [0.717, 1.165) is 29.0 Å². The molecule has 138 valence electrons. The number of nitrogens with one attached hydrogen (secondary N) is 2. The smallest absolute Gasteiger partial charge is 0.261 e. The zero-order chi connectivity index (χ0) is 18.8. The molecule has 0 unspecified atom stereocenters. The van der Waals surface area contributed by atoms with Crippen molar-refractivity contribution < 1.29 is 9.59 Å². The molecular formula is C19H19N5O2S. The Morgan fingerprint density at radius 3 is 2.89 bits per heavy atom. The Labute approximate surface area is 160 Å². The van der Waals surface area contributed by atoms with Crippen LogP contribution in [0.2, 0.25) is 0 Å². The molecule has 0 atom stereocenters. The minimum atomic E-state index is -0.151. The highest BCUT2D eigenvalue weighted by molar-refractivity contribution is 7.18. The van der Waals surface area contributed by atoms with Crippen molar-refractivity contribution in [3.8, 4) is 5.82 Å². The predicted octanol–water partition coefficient (Wildman–Crippen LogP) is 2.92. The van der Waals surface area contributed by atoms with E-state index in [1.54, 1.807) is 17.1 Å². The third-order valence-electron chi connectivity index (χ3n) is 4.32. The Morgan fingerprint density at radius 2 is 2.15 bits per heavy atom. The fourth-order valence-electron chi connectivity index (χ4n) is 2.70. The molecule has 3 heterocycles. The summed E-state index contributed by atoms with van der Waals surface area (Å²) < 4.78 is 1.67. The van der Waals surface area contributed by atoms with E-state index < -0.39 is 0 Å². The van der Waals surface area contributed by atoms with Gasteiger partial charge in [0.1, 0.15) is 0 Å². The average molecular weight is 381 g/mol. The lowest BCUT2D eigenvalue weighted by Crippen LogP contribution is -2.22. The zero-order valence-electron chi connectivity index (χ0n) is 14.8. The largest absolute Gasteiger partial charge is 0.347 e. The second-order valence-electron chi connectivity index (χ2n) is 6.54. The van der Waals surface area contributed by atoms with E-state index in [4.69, 9.17) is 0 Å². The number of aromatic nitrogens is 3. The summed E-state index contributed by atoms with van der Waals surface area (Å²) in [6, 6.07) is 7.42. The lowest BCUT2D eigenvalue weighted by atomic mass is 10.2. The predicted molar refractivity (Wildman–Crippen MR) is 103 cm³/mol. The van der Waals surface area contributed by atoms with E-state index in [-0.39, 0.29) is 17.7 Å². The van der Waals surface area contributed by atoms with Crippen molar-refractivity contribution >= 4 is 28.2 Å². The number of nitrogens with zero attached hydrogens (tertiary/aromatic N) is 3. The van der Waals surface area contributed by atoms with Crippen molar-refractivity contribution in [2.24, 2.45) is 5.92 Å². The van der Waals surface area contributed by atoms with Crippen LogP contribution in [0.3, 0.4) is 0 Å². The van der Waals surface area contributed by atoms with Gasteiger partial charge in [0.15, 0.2) is 5.82 Å². The molecule has 2 N–H and O–H groups in total. The Hall–Kier alpha value is -3.00. The molecule has 0 aliphatic heterocycles. The Morgan fingerprint density at radius 1 is 1.30 bits per heavy atom. The van der Waals surface area contributed by atoms with Gasteiger partial charge in [0.05, 0.1) is 9.88 Å². The summed E-state index contributed by atoms with van der Waals surface area (Å²) in [6.07, 6.45) is 7.11. The molecule has 0 bridgehead atoms. The molecule has 0 spiro atoms. The molecule has 1 aliphatic carbocycles. The summed E-state index contributed by atoms with van der Waals surface area (Å²) in [6.45, 7) is 2.26. The van der Waals surface area contributed by atoms with Gasteiger partial charge in [-0.3, -0.25) is 9.59 Å². The molecule has 3 aromatic heterocycles. The van der Waals surface area contributed by atoms with Crippen molar-refractivity contribution in [1.29, 1.82) is 0 Å². The lowest BCUT2D eigenvalue weighted by molar-refractivity contribution is -0.117. The number of aryl methyl sites for hydroxylation is 1. The first-order valence-corrected chi connectivity index (χ1v) is 9.56. The van der Waals surface area contributed by atoms with Crippen LogP contribution in [0.4, 0.5) is 5.00 Å². The van der Waals surface area contributed by atoms with Gasteiger partial charge in [-0.05, 0) is 55.2 Å². The summed E-state index contributed by atoms with van der Waals surface area (Å²) in [7, 11) is 0. The molecular weight excluding hydrogens is 362 g/mol. The van der Waals surface area contributed by atoms with Gasteiger partial charge in [0.2, 0.25) is 5.91 Å². The minimum Gasteiger partial charge on any atom is -0.347 e. The van der Waals surface area contributed by atoms with Crippen LogP contribution < -0.4 is 10.6 Å². The number of pyridine rings is 1. The molecule has 3 aromatic rings. The van der Waals surface area contributed by atoms with Gasteiger partial charge in [-0.15, -0.1) is 11.3 Å². The molecule has 27 heavy (non-hydrogen) atoms. The van der Waals surface area contributed by atoms with E-state index in [0.29, 0.717) is 17.2 Å². The first-order chi connectivity index (χ1) is 13.1. The van der Waals surface area contributed by atoms with Crippen LogP contribution in [0.1, 0.15) is 33.6 Å². The molecule has 4 rings (SSSR count). The number of carbonyl (C=O) groups is 2. The maximum Gasteiger partial charge on any atom is 0.261 e. The van der Waals surface area contributed by atoms with Crippen LogP contribution in [0.25, 0.3) is 5.82 Å². The van der Waals surface area contributed by atoms with E-state index in [2.05, 4.69) is 20.7 Å². The molecule has 2 amide bonds. The first kappa shape index (κ1) is 17.4. The third kappa shape index (κ3) is 4.06. The van der Waals surface area contributed by atoms with E-state index in [1.165, 1.54) is 11.3 Å². The van der Waals surface area contributed by atoms with Crippen LogP contribution in [0.5, 0.6) is 0 Å². The van der Waals surface area contributed by atoms with Gasteiger partial charge >= 0.3 is 0 Å². The van der Waals surface area contributed by atoms with E-state index >= 15 is 0 Å². The Balaban J connectivity index is 1.40. The Kier molecular flexibility index (Phi) is 4.72. The van der Waals surface area contributed by atoms with Gasteiger partial charge < -0.3 is 10.6 Å². The van der Waals surface area contributed by atoms with E-state index in [1.807, 2.05) is 37.4 Å². The van der Waals surface area contributed by atoms with Crippen LogP contribution >= 0.6 is 11.3 Å². The second-order valence-corrected chi connectivity index (χ2v) is 7.59. The quantitative estimate of drug-likeness (QED) is 0.687. The van der Waals surface area contributed by atoms with Gasteiger partial charge in [0.25, 0.3) is 5.91 Å². The van der Waals surface area contributed by atoms with Gasteiger partial charge in [-0.1, -0.05) is 0 Å². The van der Waals surface area contributed by atoms with E-state index in [9.17, 15) is 9.59 Å². The van der Waals surface area contributed by atoms with Gasteiger partial charge in [-0.2, -0.15) is 5.10 Å². The number of amides is 2. The second kappa shape index (κ2) is 7.32. The molecule has 1 aliphatic rings. The molecule has 1 fully saturated rings. The lowest BCUT2D eigenvalue weighted by Gasteiger charge is -2.06. The number of hydrogen-bond acceptors (Lipinski definition) is 5. The van der Waals surface area contributed by atoms with Crippen molar-refractivity contribution in [1.82, 2.24) is 20.1 Å². The summed E-state index contributed by atoms with van der Waals surface area (Å²) in [5, 5.41) is 10.7. The van der Waals surface area contributed by atoms with Crippen LogP contribution in [0, 0.1) is 12.8 Å². The average Bonchev–Trinajstić information content (AvgIpc) is 3.25. The summed E-state index contributed by atoms with van der Waals surface area (Å²) in [5.74, 6) is 0.734. The molecule has 0 radical (unpaired) electrons. The molecule has 0 saturated heterocycles. The van der Waals surface area contributed by atoms with Gasteiger partial charge in [-0.25, -0.2) is 9.67 Å². The number of thiophene rings is 1. The number of hydrogen-bond donors (Lipinski definition) is 2. The molecule has 0 aromatic carbocycles. The molecule has 8 heteroatoms. The summed E-state index contributed by atoms with van der Waals surface area (Å²) >= 11 is 1.31. The fourth-order valence-corrected chi connectivity index (χ4v) is 3.69. The topological polar surface area (TPSA) is 88.9 Å². The maximum atomic E-state index is 12.6. The summed E-state index contributed by atoms with van der Waals surface area (Å²) in [4.78, 5) is 29.3. The minimum absolute atomic E-state index is 0.0474.